The lowest BCUT2D eigenvalue weighted by Crippen LogP contribution is -2.54. The quantitative estimate of drug-likeness (QED) is 0.897. The molecule has 3 N–H and O–H groups in total. The van der Waals surface area contributed by atoms with Gasteiger partial charge in [-0.2, -0.15) is 0 Å². The Morgan fingerprint density at radius 3 is 2.41 bits per heavy atom. The second-order valence-corrected chi connectivity index (χ2v) is 7.40. The van der Waals surface area contributed by atoms with Gasteiger partial charge in [-0.25, -0.2) is 0 Å². The van der Waals surface area contributed by atoms with Crippen molar-refractivity contribution in [1.29, 1.82) is 0 Å². The van der Waals surface area contributed by atoms with Crippen LogP contribution in [0.15, 0.2) is 24.3 Å². The van der Waals surface area contributed by atoms with Crippen molar-refractivity contribution in [3.05, 3.63) is 35.4 Å². The number of hydrogen-bond donors (Lipinski definition) is 2. The van der Waals surface area contributed by atoms with Crippen LogP contribution in [0.2, 0.25) is 0 Å². The first-order valence-electron chi connectivity index (χ1n) is 8.69. The van der Waals surface area contributed by atoms with Crippen LogP contribution < -0.4 is 11.1 Å². The van der Waals surface area contributed by atoms with Crippen LogP contribution in [-0.2, 0) is 10.2 Å². The van der Waals surface area contributed by atoms with Crippen molar-refractivity contribution in [3.8, 4) is 0 Å². The third kappa shape index (κ3) is 2.91. The molecule has 1 aromatic rings. The summed E-state index contributed by atoms with van der Waals surface area (Å²) in [6.45, 7) is 2.87. The van der Waals surface area contributed by atoms with E-state index in [1.165, 1.54) is 24.0 Å². The van der Waals surface area contributed by atoms with Gasteiger partial charge in [-0.05, 0) is 38.2 Å². The number of amides is 1. The van der Waals surface area contributed by atoms with E-state index in [0.717, 1.165) is 45.1 Å². The Morgan fingerprint density at radius 1 is 1.14 bits per heavy atom. The molecule has 3 rings (SSSR count). The van der Waals surface area contributed by atoms with E-state index in [4.69, 9.17) is 5.73 Å². The standard InChI is InChI=1S/C19H28N2O/c1-15-7-6-8-16(13-15)18(9-2-3-10-18)14-21-17(22)19(20)11-4-5-12-19/h6-8,13H,2-5,9-12,14,20H2,1H3,(H,21,22). The predicted octanol–water partition coefficient (Wildman–Crippen LogP) is 3.19. The second-order valence-electron chi connectivity index (χ2n) is 7.40. The summed E-state index contributed by atoms with van der Waals surface area (Å²) >= 11 is 0. The number of carbonyl (C=O) groups excluding carboxylic acids is 1. The zero-order valence-electron chi connectivity index (χ0n) is 13.7. The van der Waals surface area contributed by atoms with Gasteiger partial charge in [0.15, 0.2) is 0 Å². The molecule has 2 aliphatic rings. The van der Waals surface area contributed by atoms with Crippen LogP contribution in [0.25, 0.3) is 0 Å². The lowest BCUT2D eigenvalue weighted by Gasteiger charge is -2.32. The number of rotatable bonds is 4. The summed E-state index contributed by atoms with van der Waals surface area (Å²) in [4.78, 5) is 12.5. The molecule has 0 aliphatic heterocycles. The summed E-state index contributed by atoms with van der Waals surface area (Å²) in [5, 5.41) is 3.20. The smallest absolute Gasteiger partial charge is 0.240 e. The van der Waals surface area contributed by atoms with E-state index in [2.05, 4.69) is 36.5 Å². The first kappa shape index (κ1) is 15.5. The van der Waals surface area contributed by atoms with Crippen molar-refractivity contribution in [2.24, 2.45) is 5.73 Å². The topological polar surface area (TPSA) is 55.1 Å². The van der Waals surface area contributed by atoms with Crippen LogP contribution in [0.3, 0.4) is 0 Å². The molecule has 0 aromatic heterocycles. The minimum Gasteiger partial charge on any atom is -0.354 e. The van der Waals surface area contributed by atoms with Gasteiger partial charge in [0.1, 0.15) is 0 Å². The van der Waals surface area contributed by atoms with E-state index in [1.54, 1.807) is 0 Å². The van der Waals surface area contributed by atoms with Gasteiger partial charge in [0.25, 0.3) is 0 Å². The zero-order valence-corrected chi connectivity index (χ0v) is 13.7. The molecule has 2 saturated carbocycles. The molecule has 2 fully saturated rings. The average molecular weight is 300 g/mol. The normalized spacial score (nSPS) is 22.6. The molecular formula is C19H28N2O. The molecule has 2 aliphatic carbocycles. The van der Waals surface area contributed by atoms with E-state index < -0.39 is 5.54 Å². The first-order chi connectivity index (χ1) is 10.5. The van der Waals surface area contributed by atoms with Crippen LogP contribution in [0.1, 0.15) is 62.5 Å². The van der Waals surface area contributed by atoms with Gasteiger partial charge < -0.3 is 11.1 Å². The van der Waals surface area contributed by atoms with Gasteiger partial charge in [0.05, 0.1) is 5.54 Å². The number of carbonyl (C=O) groups is 1. The fraction of sp³-hybridized carbons (Fsp3) is 0.632. The maximum absolute atomic E-state index is 12.5. The fourth-order valence-corrected chi connectivity index (χ4v) is 4.25. The molecule has 3 nitrogen and oxygen atoms in total. The Labute approximate surface area is 133 Å². The maximum atomic E-state index is 12.5. The summed E-state index contributed by atoms with van der Waals surface area (Å²) in [7, 11) is 0. The molecule has 0 saturated heterocycles. The van der Waals surface area contributed by atoms with Crippen LogP contribution in [0.4, 0.5) is 0 Å². The van der Waals surface area contributed by atoms with E-state index in [-0.39, 0.29) is 11.3 Å². The second kappa shape index (κ2) is 6.04. The molecule has 0 bridgehead atoms. The SMILES string of the molecule is Cc1cccc(C2(CNC(=O)C3(N)CCCC3)CCCC2)c1. The lowest BCUT2D eigenvalue weighted by atomic mass is 9.78. The van der Waals surface area contributed by atoms with Crippen molar-refractivity contribution in [3.63, 3.8) is 0 Å². The molecule has 0 spiro atoms. The predicted molar refractivity (Wildman–Crippen MR) is 89.7 cm³/mol. The average Bonchev–Trinajstić information content (AvgIpc) is 3.15. The highest BCUT2D eigenvalue weighted by atomic mass is 16.2. The lowest BCUT2D eigenvalue weighted by molar-refractivity contribution is -0.126. The van der Waals surface area contributed by atoms with Gasteiger partial charge in [0, 0.05) is 12.0 Å². The molecular weight excluding hydrogens is 272 g/mol. The maximum Gasteiger partial charge on any atom is 0.240 e. The van der Waals surface area contributed by atoms with E-state index in [1.807, 2.05) is 0 Å². The number of aryl methyl sites for hydroxylation is 1. The number of nitrogens with two attached hydrogens (primary N) is 1. The molecule has 1 aromatic carbocycles. The van der Waals surface area contributed by atoms with Crippen molar-refractivity contribution in [2.75, 3.05) is 6.54 Å². The highest BCUT2D eigenvalue weighted by molar-refractivity contribution is 5.86. The molecule has 0 radical (unpaired) electrons. The minimum atomic E-state index is -0.619. The van der Waals surface area contributed by atoms with Crippen molar-refractivity contribution < 1.29 is 4.79 Å². The molecule has 1 amide bonds. The molecule has 22 heavy (non-hydrogen) atoms. The van der Waals surface area contributed by atoms with Crippen LogP contribution in [-0.4, -0.2) is 18.0 Å². The Morgan fingerprint density at radius 2 is 1.77 bits per heavy atom. The summed E-state index contributed by atoms with van der Waals surface area (Å²) in [5.41, 5.74) is 8.44. The summed E-state index contributed by atoms with van der Waals surface area (Å²) in [5.74, 6) is 0.0592. The van der Waals surface area contributed by atoms with Gasteiger partial charge in [0.2, 0.25) is 5.91 Å². The Hall–Kier alpha value is -1.35. The summed E-state index contributed by atoms with van der Waals surface area (Å²) < 4.78 is 0. The number of nitrogens with one attached hydrogen (secondary N) is 1. The third-order valence-corrected chi connectivity index (χ3v) is 5.73. The van der Waals surface area contributed by atoms with Gasteiger partial charge >= 0.3 is 0 Å². The van der Waals surface area contributed by atoms with Gasteiger partial charge in [-0.3, -0.25) is 4.79 Å². The fourth-order valence-electron chi connectivity index (χ4n) is 4.25. The molecule has 0 atom stereocenters. The highest BCUT2D eigenvalue weighted by Crippen LogP contribution is 2.41. The monoisotopic (exact) mass is 300 g/mol. The zero-order chi connectivity index (χ0) is 15.6. The third-order valence-electron chi connectivity index (χ3n) is 5.73. The number of benzene rings is 1. The number of hydrogen-bond acceptors (Lipinski definition) is 2. The first-order valence-corrected chi connectivity index (χ1v) is 8.69. The Kier molecular flexibility index (Phi) is 4.26. The Balaban J connectivity index is 1.74. The van der Waals surface area contributed by atoms with Crippen molar-refractivity contribution in [2.45, 2.75) is 69.2 Å². The van der Waals surface area contributed by atoms with Gasteiger partial charge in [-0.1, -0.05) is 55.5 Å². The molecule has 0 heterocycles. The van der Waals surface area contributed by atoms with Crippen LogP contribution >= 0.6 is 0 Å². The summed E-state index contributed by atoms with van der Waals surface area (Å²) in [6, 6.07) is 8.77. The van der Waals surface area contributed by atoms with Crippen LogP contribution in [0.5, 0.6) is 0 Å². The van der Waals surface area contributed by atoms with Crippen molar-refractivity contribution >= 4 is 5.91 Å². The van der Waals surface area contributed by atoms with Gasteiger partial charge in [-0.15, -0.1) is 0 Å². The summed E-state index contributed by atoms with van der Waals surface area (Å²) in [6.07, 6.45) is 8.63. The van der Waals surface area contributed by atoms with Crippen LogP contribution in [0, 0.1) is 6.92 Å². The van der Waals surface area contributed by atoms with Crippen molar-refractivity contribution in [1.82, 2.24) is 5.32 Å². The van der Waals surface area contributed by atoms with E-state index >= 15 is 0 Å². The molecule has 3 heteroatoms. The van der Waals surface area contributed by atoms with E-state index in [9.17, 15) is 4.79 Å². The molecule has 120 valence electrons. The highest BCUT2D eigenvalue weighted by Gasteiger charge is 2.40. The Bertz CT molecular complexity index is 540. The molecule has 0 unspecified atom stereocenters. The van der Waals surface area contributed by atoms with E-state index in [0.29, 0.717) is 0 Å². The largest absolute Gasteiger partial charge is 0.354 e. The minimum absolute atomic E-state index is 0.0592.